The third-order valence-corrected chi connectivity index (χ3v) is 5.36. The molecule has 2 aliphatic rings. The van der Waals surface area contributed by atoms with Crippen molar-refractivity contribution in [2.75, 3.05) is 20.1 Å². The van der Waals surface area contributed by atoms with E-state index in [1.54, 1.807) is 0 Å². The molecule has 0 aromatic heterocycles. The first kappa shape index (κ1) is 15.3. The van der Waals surface area contributed by atoms with E-state index in [0.29, 0.717) is 0 Å². The summed E-state index contributed by atoms with van der Waals surface area (Å²) in [5, 5.41) is 3.80. The van der Waals surface area contributed by atoms with Gasteiger partial charge in [0.05, 0.1) is 0 Å². The average molecular weight is 266 g/mol. The third kappa shape index (κ3) is 5.43. The largest absolute Gasteiger partial charge is 0.313 e. The molecule has 0 aromatic rings. The minimum Gasteiger partial charge on any atom is -0.313 e. The number of rotatable bonds is 5. The van der Waals surface area contributed by atoms with Crippen molar-refractivity contribution < 1.29 is 0 Å². The summed E-state index contributed by atoms with van der Waals surface area (Å²) in [6.45, 7) is 4.83. The Kier molecular flexibility index (Phi) is 6.66. The van der Waals surface area contributed by atoms with Crippen molar-refractivity contribution in [2.24, 2.45) is 5.92 Å². The van der Waals surface area contributed by atoms with Crippen LogP contribution in [0, 0.1) is 5.92 Å². The molecule has 0 bridgehead atoms. The zero-order valence-corrected chi connectivity index (χ0v) is 13.2. The van der Waals surface area contributed by atoms with Gasteiger partial charge in [0, 0.05) is 25.2 Å². The van der Waals surface area contributed by atoms with Gasteiger partial charge in [-0.1, -0.05) is 32.6 Å². The van der Waals surface area contributed by atoms with Gasteiger partial charge in [-0.15, -0.1) is 0 Å². The monoisotopic (exact) mass is 266 g/mol. The predicted octanol–water partition coefficient (Wildman–Crippen LogP) is 3.81. The zero-order chi connectivity index (χ0) is 13.5. The smallest absolute Gasteiger partial charge is 0.0107 e. The first-order chi connectivity index (χ1) is 9.25. The molecule has 0 radical (unpaired) electrons. The van der Waals surface area contributed by atoms with Crippen LogP contribution in [0.25, 0.3) is 0 Å². The lowest BCUT2D eigenvalue weighted by Crippen LogP contribution is -2.41. The molecule has 1 N–H and O–H groups in total. The highest BCUT2D eigenvalue weighted by molar-refractivity contribution is 4.77. The molecule has 0 heterocycles. The van der Waals surface area contributed by atoms with Crippen LogP contribution in [-0.2, 0) is 0 Å². The van der Waals surface area contributed by atoms with Gasteiger partial charge in [-0.3, -0.25) is 0 Å². The van der Waals surface area contributed by atoms with Gasteiger partial charge in [0.2, 0.25) is 0 Å². The van der Waals surface area contributed by atoms with Crippen LogP contribution in [0.5, 0.6) is 0 Å². The molecule has 0 aliphatic heterocycles. The molecule has 0 atom stereocenters. The number of hydrogen-bond acceptors (Lipinski definition) is 2. The first-order valence-corrected chi connectivity index (χ1v) is 8.69. The summed E-state index contributed by atoms with van der Waals surface area (Å²) in [7, 11) is 2.33. The van der Waals surface area contributed by atoms with Gasteiger partial charge in [0.25, 0.3) is 0 Å². The highest BCUT2D eigenvalue weighted by Gasteiger charge is 2.21. The van der Waals surface area contributed by atoms with E-state index >= 15 is 0 Å². The minimum atomic E-state index is 0.808. The summed E-state index contributed by atoms with van der Waals surface area (Å²) in [6, 6.07) is 1.66. The van der Waals surface area contributed by atoms with E-state index in [1.165, 1.54) is 77.3 Å². The number of hydrogen-bond donors (Lipinski definition) is 1. The van der Waals surface area contributed by atoms with Gasteiger partial charge >= 0.3 is 0 Å². The van der Waals surface area contributed by atoms with E-state index in [9.17, 15) is 0 Å². The van der Waals surface area contributed by atoms with Crippen molar-refractivity contribution >= 4 is 0 Å². The Hall–Kier alpha value is -0.0800. The van der Waals surface area contributed by atoms with Crippen LogP contribution in [0.15, 0.2) is 0 Å². The molecule has 0 unspecified atom stereocenters. The first-order valence-electron chi connectivity index (χ1n) is 8.69. The van der Waals surface area contributed by atoms with Gasteiger partial charge in [-0.2, -0.15) is 0 Å². The third-order valence-electron chi connectivity index (χ3n) is 5.36. The van der Waals surface area contributed by atoms with Crippen LogP contribution in [0.4, 0.5) is 0 Å². The number of likely N-dealkylation sites (N-methyl/N-ethyl adjacent to an activating group) is 1. The second-order valence-electron chi connectivity index (χ2n) is 7.04. The molecule has 0 amide bonds. The molecule has 2 fully saturated rings. The van der Waals surface area contributed by atoms with E-state index in [4.69, 9.17) is 0 Å². The van der Waals surface area contributed by atoms with Crippen LogP contribution in [0.2, 0.25) is 0 Å². The molecule has 112 valence electrons. The van der Waals surface area contributed by atoms with Crippen molar-refractivity contribution in [1.82, 2.24) is 10.2 Å². The second kappa shape index (κ2) is 8.26. The lowest BCUT2D eigenvalue weighted by atomic mass is 9.87. The van der Waals surface area contributed by atoms with Crippen LogP contribution in [0.1, 0.15) is 71.1 Å². The van der Waals surface area contributed by atoms with E-state index < -0.39 is 0 Å². The van der Waals surface area contributed by atoms with Gasteiger partial charge in [-0.05, 0) is 51.5 Å². The van der Waals surface area contributed by atoms with Crippen LogP contribution in [-0.4, -0.2) is 37.1 Å². The summed E-state index contributed by atoms with van der Waals surface area (Å²) < 4.78 is 0. The van der Waals surface area contributed by atoms with Crippen LogP contribution < -0.4 is 5.32 Å². The predicted molar refractivity (Wildman–Crippen MR) is 83.5 cm³/mol. The summed E-state index contributed by atoms with van der Waals surface area (Å²) in [6.07, 6.45) is 14.3. The molecule has 2 heteroatoms. The maximum absolute atomic E-state index is 3.80. The van der Waals surface area contributed by atoms with Crippen molar-refractivity contribution in [1.29, 1.82) is 0 Å². The SMILES string of the molecule is CC1CCC(N(C)CCNC2CCCCCC2)CC1. The average Bonchev–Trinajstić information content (AvgIpc) is 2.68. The van der Waals surface area contributed by atoms with E-state index in [-0.39, 0.29) is 0 Å². The topological polar surface area (TPSA) is 15.3 Å². The molecule has 0 spiro atoms. The Morgan fingerprint density at radius 1 is 0.895 bits per heavy atom. The van der Waals surface area contributed by atoms with Crippen molar-refractivity contribution in [2.45, 2.75) is 83.2 Å². The number of nitrogens with one attached hydrogen (secondary N) is 1. The zero-order valence-electron chi connectivity index (χ0n) is 13.2. The molecule has 2 aliphatic carbocycles. The van der Waals surface area contributed by atoms with E-state index in [2.05, 4.69) is 24.2 Å². The maximum Gasteiger partial charge on any atom is 0.0107 e. The molecule has 0 aromatic carbocycles. The standard InChI is InChI=1S/C17H34N2/c1-15-9-11-17(12-10-15)19(2)14-13-18-16-7-5-3-4-6-8-16/h15-18H,3-14H2,1-2H3. The summed E-state index contributed by atoms with van der Waals surface area (Å²) in [5.74, 6) is 0.966. The fourth-order valence-corrected chi connectivity index (χ4v) is 3.79. The molecule has 2 nitrogen and oxygen atoms in total. The highest BCUT2D eigenvalue weighted by atomic mass is 15.1. The summed E-state index contributed by atoms with van der Waals surface area (Å²) in [4.78, 5) is 2.61. The van der Waals surface area contributed by atoms with Gasteiger partial charge in [-0.25, -0.2) is 0 Å². The molecular formula is C17H34N2. The van der Waals surface area contributed by atoms with Gasteiger partial charge in [0.15, 0.2) is 0 Å². The summed E-state index contributed by atoms with van der Waals surface area (Å²) >= 11 is 0. The highest BCUT2D eigenvalue weighted by Crippen LogP contribution is 2.26. The lowest BCUT2D eigenvalue weighted by Gasteiger charge is -2.34. The minimum absolute atomic E-state index is 0.808. The van der Waals surface area contributed by atoms with Crippen LogP contribution >= 0.6 is 0 Å². The van der Waals surface area contributed by atoms with Crippen molar-refractivity contribution in [3.8, 4) is 0 Å². The Labute approximate surface area is 120 Å². The van der Waals surface area contributed by atoms with Crippen molar-refractivity contribution in [3.63, 3.8) is 0 Å². The normalized spacial score (nSPS) is 30.5. The molecule has 2 saturated carbocycles. The fourth-order valence-electron chi connectivity index (χ4n) is 3.79. The molecule has 0 saturated heterocycles. The Bertz CT molecular complexity index is 225. The van der Waals surface area contributed by atoms with Gasteiger partial charge < -0.3 is 10.2 Å². The Balaban J connectivity index is 1.59. The Morgan fingerprint density at radius 2 is 1.53 bits per heavy atom. The van der Waals surface area contributed by atoms with E-state index in [0.717, 1.165) is 18.0 Å². The fraction of sp³-hybridized carbons (Fsp3) is 1.00. The summed E-state index contributed by atoms with van der Waals surface area (Å²) in [5.41, 5.74) is 0. The van der Waals surface area contributed by atoms with E-state index in [1.807, 2.05) is 0 Å². The quantitative estimate of drug-likeness (QED) is 0.761. The lowest BCUT2D eigenvalue weighted by molar-refractivity contribution is 0.169. The maximum atomic E-state index is 3.80. The van der Waals surface area contributed by atoms with Crippen LogP contribution in [0.3, 0.4) is 0 Å². The molecule has 2 rings (SSSR count). The molecule has 19 heavy (non-hydrogen) atoms. The number of nitrogens with zero attached hydrogens (tertiary/aromatic N) is 1. The second-order valence-corrected chi connectivity index (χ2v) is 7.04. The Morgan fingerprint density at radius 3 is 2.16 bits per heavy atom. The molecular weight excluding hydrogens is 232 g/mol. The van der Waals surface area contributed by atoms with Crippen molar-refractivity contribution in [3.05, 3.63) is 0 Å². The van der Waals surface area contributed by atoms with Gasteiger partial charge in [0.1, 0.15) is 0 Å².